The number of aliphatic carboxylic acids is 1. The van der Waals surface area contributed by atoms with Crippen LogP contribution in [0.25, 0.3) is 17.1 Å². The van der Waals surface area contributed by atoms with Crippen molar-refractivity contribution in [2.24, 2.45) is 0 Å². The molecule has 3 aromatic rings. The van der Waals surface area contributed by atoms with Gasteiger partial charge in [0.05, 0.1) is 12.1 Å². The van der Waals surface area contributed by atoms with Crippen LogP contribution in [0.4, 0.5) is 0 Å². The topological polar surface area (TPSA) is 71.7 Å². The molecule has 2 aromatic heterocycles. The first-order valence-corrected chi connectivity index (χ1v) is 8.36. The smallest absolute Gasteiger partial charge is 0.309 e. The van der Waals surface area contributed by atoms with Gasteiger partial charge in [-0.15, -0.1) is 11.3 Å². The van der Waals surface area contributed by atoms with Crippen molar-refractivity contribution in [2.75, 3.05) is 0 Å². The largest absolute Gasteiger partial charge is 0.481 e. The first-order valence-electron chi connectivity index (χ1n) is 7.11. The summed E-state index contributed by atoms with van der Waals surface area (Å²) in [4.78, 5) is 28.4. The van der Waals surface area contributed by atoms with E-state index in [9.17, 15) is 9.59 Å². The molecule has 0 aliphatic carbocycles. The van der Waals surface area contributed by atoms with Gasteiger partial charge in [-0.2, -0.15) is 0 Å². The number of fused-ring (bicyclic) bond motifs is 1. The third-order valence-electron chi connectivity index (χ3n) is 3.54. The van der Waals surface area contributed by atoms with Gasteiger partial charge in [-0.3, -0.25) is 14.0 Å². The van der Waals surface area contributed by atoms with E-state index < -0.39 is 5.97 Å². The van der Waals surface area contributed by atoms with E-state index in [0.29, 0.717) is 26.9 Å². The molecule has 0 radical (unpaired) electrons. The van der Waals surface area contributed by atoms with Gasteiger partial charge in [0.25, 0.3) is 5.56 Å². The van der Waals surface area contributed by atoms with Crippen molar-refractivity contribution in [1.82, 2.24) is 9.38 Å². The average molecular weight is 361 g/mol. The minimum Gasteiger partial charge on any atom is -0.481 e. The highest BCUT2D eigenvalue weighted by molar-refractivity contribution is 7.15. The fourth-order valence-electron chi connectivity index (χ4n) is 2.29. The minimum absolute atomic E-state index is 0.207. The van der Waals surface area contributed by atoms with Crippen molar-refractivity contribution in [3.05, 3.63) is 67.5 Å². The summed E-state index contributed by atoms with van der Waals surface area (Å²) in [5.74, 6) is -0.981. The highest BCUT2D eigenvalue weighted by Gasteiger charge is 2.14. The first kappa shape index (κ1) is 16.4. The zero-order valence-corrected chi connectivity index (χ0v) is 14.3. The lowest BCUT2D eigenvalue weighted by atomic mass is 10.1. The first-order chi connectivity index (χ1) is 11.5. The van der Waals surface area contributed by atoms with Gasteiger partial charge in [-0.25, -0.2) is 4.98 Å². The summed E-state index contributed by atoms with van der Waals surface area (Å²) in [6, 6.07) is 7.32. The normalized spacial score (nSPS) is 11.4. The number of hydrogen-bond acceptors (Lipinski definition) is 4. The van der Waals surface area contributed by atoms with Crippen LogP contribution in [0.5, 0.6) is 0 Å². The molecular formula is C17H13ClN2O3S. The molecule has 0 aliphatic rings. The van der Waals surface area contributed by atoms with Crippen molar-refractivity contribution in [3.8, 4) is 0 Å². The number of carboxylic acids is 1. The second-order valence-electron chi connectivity index (χ2n) is 5.23. The number of carbonyl (C=O) groups is 1. The van der Waals surface area contributed by atoms with Crippen LogP contribution in [-0.2, 0) is 11.2 Å². The molecule has 0 fully saturated rings. The molecule has 1 N–H and O–H groups in total. The lowest BCUT2D eigenvalue weighted by Gasteiger charge is -2.03. The number of rotatable bonds is 4. The second kappa shape index (κ2) is 6.59. The fourth-order valence-corrected chi connectivity index (χ4v) is 3.31. The van der Waals surface area contributed by atoms with Gasteiger partial charge < -0.3 is 5.11 Å². The Balaban J connectivity index is 2.04. The van der Waals surface area contributed by atoms with Gasteiger partial charge in [0.2, 0.25) is 0 Å². The Labute approximate surface area is 146 Å². The van der Waals surface area contributed by atoms with E-state index in [1.807, 2.05) is 18.2 Å². The van der Waals surface area contributed by atoms with E-state index in [-0.39, 0.29) is 12.0 Å². The summed E-state index contributed by atoms with van der Waals surface area (Å²) in [7, 11) is 0. The molecule has 5 nitrogen and oxygen atoms in total. The third kappa shape index (κ3) is 3.25. The summed E-state index contributed by atoms with van der Waals surface area (Å²) < 4.78 is 1.37. The lowest BCUT2D eigenvalue weighted by Crippen LogP contribution is -2.21. The van der Waals surface area contributed by atoms with Gasteiger partial charge in [0, 0.05) is 21.7 Å². The Morgan fingerprint density at radius 2 is 2.04 bits per heavy atom. The molecule has 1 aromatic carbocycles. The maximum Gasteiger partial charge on any atom is 0.309 e. The third-order valence-corrected chi connectivity index (χ3v) is 4.67. The van der Waals surface area contributed by atoms with Crippen LogP contribution < -0.4 is 5.56 Å². The van der Waals surface area contributed by atoms with Crippen molar-refractivity contribution >= 4 is 46.0 Å². The SMILES string of the molecule is Cc1c(C=Cc2ccc(Cl)cc2)nc2scc(CC(=O)O)n2c1=O. The maximum absolute atomic E-state index is 12.6. The summed E-state index contributed by atoms with van der Waals surface area (Å²) >= 11 is 7.11. The van der Waals surface area contributed by atoms with E-state index in [2.05, 4.69) is 4.98 Å². The van der Waals surface area contributed by atoms with Gasteiger partial charge in [0.15, 0.2) is 4.96 Å². The average Bonchev–Trinajstić information content (AvgIpc) is 2.93. The molecule has 2 heterocycles. The minimum atomic E-state index is -0.981. The molecule has 0 unspecified atom stereocenters. The van der Waals surface area contributed by atoms with Crippen LogP contribution in [-0.4, -0.2) is 20.5 Å². The van der Waals surface area contributed by atoms with Crippen LogP contribution in [0.15, 0.2) is 34.4 Å². The molecule has 0 amide bonds. The predicted molar refractivity (Wildman–Crippen MR) is 95.8 cm³/mol. The number of benzene rings is 1. The Morgan fingerprint density at radius 1 is 1.33 bits per heavy atom. The van der Waals surface area contributed by atoms with E-state index >= 15 is 0 Å². The summed E-state index contributed by atoms with van der Waals surface area (Å²) in [5, 5.41) is 11.3. The summed E-state index contributed by atoms with van der Waals surface area (Å²) in [6.45, 7) is 1.69. The number of thiazole rings is 1. The number of carboxylic acid groups (broad SMARTS) is 1. The van der Waals surface area contributed by atoms with Crippen molar-refractivity contribution in [3.63, 3.8) is 0 Å². The molecule has 0 atom stereocenters. The van der Waals surface area contributed by atoms with Crippen LogP contribution in [0, 0.1) is 6.92 Å². The van der Waals surface area contributed by atoms with Gasteiger partial charge >= 0.3 is 5.97 Å². The Morgan fingerprint density at radius 3 is 2.71 bits per heavy atom. The monoisotopic (exact) mass is 360 g/mol. The Bertz CT molecular complexity index is 1000. The number of hydrogen-bond donors (Lipinski definition) is 1. The molecule has 0 spiro atoms. The van der Waals surface area contributed by atoms with E-state index in [1.54, 1.807) is 30.5 Å². The standard InChI is InChI=1S/C17H13ClN2O3S/c1-10-14(7-4-11-2-5-12(18)6-3-11)19-17-20(16(10)23)13(9-24-17)8-15(21)22/h2-7,9H,8H2,1H3,(H,21,22). The molecular weight excluding hydrogens is 348 g/mol. The number of aromatic nitrogens is 2. The summed E-state index contributed by atoms with van der Waals surface area (Å²) in [5.41, 5.74) is 2.18. The molecule has 122 valence electrons. The van der Waals surface area contributed by atoms with Crippen LogP contribution >= 0.6 is 22.9 Å². The fraction of sp³-hybridized carbons (Fsp3) is 0.118. The van der Waals surface area contributed by atoms with E-state index in [0.717, 1.165) is 5.56 Å². The van der Waals surface area contributed by atoms with Gasteiger partial charge in [-0.1, -0.05) is 29.8 Å². The predicted octanol–water partition coefficient (Wildman–Crippen LogP) is 3.52. The molecule has 24 heavy (non-hydrogen) atoms. The van der Waals surface area contributed by atoms with Gasteiger partial charge in [-0.05, 0) is 30.7 Å². The maximum atomic E-state index is 12.6. The summed E-state index contributed by atoms with van der Waals surface area (Å²) in [6.07, 6.45) is 3.42. The number of nitrogens with zero attached hydrogens (tertiary/aromatic N) is 2. The van der Waals surface area contributed by atoms with Crippen molar-refractivity contribution in [1.29, 1.82) is 0 Å². The van der Waals surface area contributed by atoms with Crippen LogP contribution in [0.3, 0.4) is 0 Å². The quantitative estimate of drug-likeness (QED) is 0.772. The lowest BCUT2D eigenvalue weighted by molar-refractivity contribution is -0.136. The molecule has 0 saturated heterocycles. The van der Waals surface area contributed by atoms with Crippen molar-refractivity contribution < 1.29 is 9.90 Å². The molecule has 0 saturated carbocycles. The van der Waals surface area contributed by atoms with Crippen LogP contribution in [0.1, 0.15) is 22.5 Å². The second-order valence-corrected chi connectivity index (χ2v) is 6.50. The Hall–Kier alpha value is -2.44. The van der Waals surface area contributed by atoms with Gasteiger partial charge in [0.1, 0.15) is 0 Å². The van der Waals surface area contributed by atoms with Crippen LogP contribution in [0.2, 0.25) is 5.02 Å². The van der Waals surface area contributed by atoms with E-state index in [4.69, 9.17) is 16.7 Å². The molecule has 0 bridgehead atoms. The molecule has 3 rings (SSSR count). The van der Waals surface area contributed by atoms with Crippen molar-refractivity contribution in [2.45, 2.75) is 13.3 Å². The molecule has 0 aliphatic heterocycles. The zero-order valence-electron chi connectivity index (χ0n) is 12.7. The number of halogens is 1. The molecule has 7 heteroatoms. The Kier molecular flexibility index (Phi) is 4.51. The highest BCUT2D eigenvalue weighted by atomic mass is 35.5. The zero-order chi connectivity index (χ0) is 17.3. The van der Waals surface area contributed by atoms with E-state index in [1.165, 1.54) is 15.7 Å². The highest BCUT2D eigenvalue weighted by Crippen LogP contribution is 2.17.